The van der Waals surface area contributed by atoms with Crippen molar-refractivity contribution in [2.45, 2.75) is 25.9 Å². The molecule has 2 aromatic heterocycles. The summed E-state index contributed by atoms with van der Waals surface area (Å²) < 4.78 is 38.6. The summed E-state index contributed by atoms with van der Waals surface area (Å²) in [6.45, 7) is 5.36. The van der Waals surface area contributed by atoms with Crippen LogP contribution >= 0.6 is 0 Å². The lowest BCUT2D eigenvalue weighted by Gasteiger charge is -2.20. The molecule has 0 fully saturated rings. The monoisotopic (exact) mass is 338 g/mol. The van der Waals surface area contributed by atoms with E-state index in [0.29, 0.717) is 17.1 Å². The van der Waals surface area contributed by atoms with Crippen LogP contribution in [0.3, 0.4) is 0 Å². The van der Waals surface area contributed by atoms with Gasteiger partial charge in [-0.05, 0) is 19.1 Å². The fraction of sp³-hybridized carbons (Fsp3) is 0.312. The minimum absolute atomic E-state index is 0.107. The van der Waals surface area contributed by atoms with Crippen molar-refractivity contribution in [2.24, 2.45) is 0 Å². The average Bonchev–Trinajstić information content (AvgIpc) is 2.92. The Hall–Kier alpha value is -2.64. The van der Waals surface area contributed by atoms with Crippen LogP contribution in [0.1, 0.15) is 18.5 Å². The van der Waals surface area contributed by atoms with E-state index in [9.17, 15) is 18.0 Å². The van der Waals surface area contributed by atoms with Crippen LogP contribution in [0, 0.1) is 6.92 Å². The van der Waals surface area contributed by atoms with Crippen molar-refractivity contribution in [3.63, 3.8) is 0 Å². The molecule has 24 heavy (non-hydrogen) atoms. The molecule has 0 saturated carbocycles. The summed E-state index contributed by atoms with van der Waals surface area (Å²) in [6, 6.07) is 3.52. The molecule has 8 heteroatoms. The van der Waals surface area contributed by atoms with Crippen molar-refractivity contribution in [3.8, 4) is 5.69 Å². The van der Waals surface area contributed by atoms with Crippen molar-refractivity contribution < 1.29 is 18.0 Å². The lowest BCUT2D eigenvalue weighted by molar-refractivity contribution is -0.143. The molecule has 0 unspecified atom stereocenters. The highest BCUT2D eigenvalue weighted by Crippen LogP contribution is 2.25. The van der Waals surface area contributed by atoms with Gasteiger partial charge >= 0.3 is 6.18 Å². The van der Waals surface area contributed by atoms with Crippen LogP contribution in [-0.2, 0) is 4.79 Å². The number of anilines is 1. The third-order valence-electron chi connectivity index (χ3n) is 3.31. The average molecular weight is 338 g/mol. The Bertz CT molecular complexity index is 710. The molecule has 0 N–H and O–H groups in total. The van der Waals surface area contributed by atoms with Crippen LogP contribution in [0.5, 0.6) is 0 Å². The first kappa shape index (κ1) is 17.7. The maximum absolute atomic E-state index is 12.4. The normalized spacial score (nSPS) is 11.3. The van der Waals surface area contributed by atoms with Gasteiger partial charge in [0.2, 0.25) is 5.91 Å². The molecule has 0 aromatic carbocycles. The Morgan fingerprint density at radius 3 is 2.79 bits per heavy atom. The zero-order valence-electron chi connectivity index (χ0n) is 13.1. The van der Waals surface area contributed by atoms with Crippen LogP contribution in [0.15, 0.2) is 43.4 Å². The van der Waals surface area contributed by atoms with E-state index in [1.807, 2.05) is 0 Å². The van der Waals surface area contributed by atoms with E-state index in [0.717, 1.165) is 0 Å². The van der Waals surface area contributed by atoms with Crippen molar-refractivity contribution >= 4 is 11.6 Å². The number of nitrogens with zero attached hydrogens (tertiary/aromatic N) is 4. The number of aryl methyl sites for hydroxylation is 1. The number of pyridine rings is 1. The molecule has 5 nitrogen and oxygen atoms in total. The van der Waals surface area contributed by atoms with Gasteiger partial charge in [-0.3, -0.25) is 9.78 Å². The van der Waals surface area contributed by atoms with Gasteiger partial charge in [-0.25, -0.2) is 4.68 Å². The molecule has 0 aliphatic carbocycles. The molecule has 0 radical (unpaired) electrons. The Labute approximate surface area is 137 Å². The fourth-order valence-corrected chi connectivity index (χ4v) is 2.18. The highest BCUT2D eigenvalue weighted by atomic mass is 19.4. The summed E-state index contributed by atoms with van der Waals surface area (Å²) in [5.41, 5.74) is 1.67. The summed E-state index contributed by atoms with van der Waals surface area (Å²) >= 11 is 0. The van der Waals surface area contributed by atoms with E-state index in [-0.39, 0.29) is 6.54 Å². The Morgan fingerprint density at radius 1 is 1.46 bits per heavy atom. The van der Waals surface area contributed by atoms with Gasteiger partial charge in [0, 0.05) is 19.2 Å². The van der Waals surface area contributed by atoms with Gasteiger partial charge in [0.1, 0.15) is 0 Å². The minimum Gasteiger partial charge on any atom is -0.305 e. The molecule has 0 saturated heterocycles. The molecule has 0 aliphatic rings. The topological polar surface area (TPSA) is 51.0 Å². The first-order valence-electron chi connectivity index (χ1n) is 7.26. The van der Waals surface area contributed by atoms with E-state index in [4.69, 9.17) is 0 Å². The molecule has 0 bridgehead atoms. The summed E-state index contributed by atoms with van der Waals surface area (Å²) in [4.78, 5) is 17.5. The first-order chi connectivity index (χ1) is 11.3. The van der Waals surface area contributed by atoms with E-state index in [1.54, 1.807) is 37.6 Å². The summed E-state index contributed by atoms with van der Waals surface area (Å²) in [7, 11) is 0. The summed E-state index contributed by atoms with van der Waals surface area (Å²) in [5, 5.41) is 4.30. The molecule has 0 atom stereocenters. The van der Waals surface area contributed by atoms with Gasteiger partial charge in [0.25, 0.3) is 0 Å². The molecule has 2 heterocycles. The number of carbonyl (C=O) groups excluding carboxylic acids is 1. The first-order valence-corrected chi connectivity index (χ1v) is 7.26. The Balaban J connectivity index is 2.26. The van der Waals surface area contributed by atoms with Crippen molar-refractivity contribution in [1.82, 2.24) is 14.8 Å². The highest BCUT2D eigenvalue weighted by molar-refractivity contribution is 5.94. The van der Waals surface area contributed by atoms with Crippen molar-refractivity contribution in [3.05, 3.63) is 49.1 Å². The maximum Gasteiger partial charge on any atom is 0.389 e. The summed E-state index contributed by atoms with van der Waals surface area (Å²) in [5.74, 6) is -0.624. The van der Waals surface area contributed by atoms with Gasteiger partial charge < -0.3 is 4.90 Å². The second kappa shape index (κ2) is 7.29. The van der Waals surface area contributed by atoms with Gasteiger partial charge in [-0.2, -0.15) is 18.3 Å². The molecule has 2 rings (SSSR count). The van der Waals surface area contributed by atoms with E-state index < -0.39 is 24.9 Å². The smallest absolute Gasteiger partial charge is 0.305 e. The van der Waals surface area contributed by atoms with Crippen molar-refractivity contribution in [1.29, 1.82) is 0 Å². The lowest BCUT2D eigenvalue weighted by atomic mass is 10.2. The predicted octanol–water partition coefficient (Wildman–Crippen LogP) is 3.44. The quantitative estimate of drug-likeness (QED) is 0.758. The second-order valence-electron chi connectivity index (χ2n) is 5.16. The Morgan fingerprint density at radius 2 is 2.21 bits per heavy atom. The lowest BCUT2D eigenvalue weighted by Crippen LogP contribution is -2.32. The number of aromatic nitrogens is 3. The molecule has 1 amide bonds. The third kappa shape index (κ3) is 4.43. The number of amides is 1. The van der Waals surface area contributed by atoms with Crippen molar-refractivity contribution in [2.75, 3.05) is 11.4 Å². The zero-order chi connectivity index (χ0) is 17.7. The molecular formula is C16H17F3N4O. The number of hydrogen-bond donors (Lipinski definition) is 0. The van der Waals surface area contributed by atoms with Crippen LogP contribution in [0.2, 0.25) is 0 Å². The number of rotatable bonds is 6. The minimum atomic E-state index is -4.37. The molecule has 0 aliphatic heterocycles. The number of alkyl halides is 3. The highest BCUT2D eigenvalue weighted by Gasteiger charge is 2.30. The molecule has 128 valence electrons. The van der Waals surface area contributed by atoms with Crippen LogP contribution in [0.4, 0.5) is 18.9 Å². The van der Waals surface area contributed by atoms with Crippen LogP contribution in [-0.4, -0.2) is 33.4 Å². The molecular weight excluding hydrogens is 321 g/mol. The maximum atomic E-state index is 12.4. The number of hydrogen-bond acceptors (Lipinski definition) is 3. The fourth-order valence-electron chi connectivity index (χ4n) is 2.18. The van der Waals surface area contributed by atoms with E-state index in [1.165, 1.54) is 15.7 Å². The largest absolute Gasteiger partial charge is 0.389 e. The van der Waals surface area contributed by atoms with Gasteiger partial charge in [0.05, 0.1) is 35.9 Å². The van der Waals surface area contributed by atoms with E-state index in [2.05, 4.69) is 16.7 Å². The summed E-state index contributed by atoms with van der Waals surface area (Å²) in [6.07, 6.45) is 0.132. The standard InChI is InChI=1S/C16H17F3N4O/c1-3-9-22(15(24)6-7-16(17,18)19)14-11-23(21-12(14)2)13-5-4-8-20-10-13/h3-5,8,10-11H,1,6-7,9H2,2H3. The second-order valence-corrected chi connectivity index (χ2v) is 5.16. The SMILES string of the molecule is C=CCN(C(=O)CCC(F)(F)F)c1cn(-c2cccnc2)nc1C. The predicted molar refractivity (Wildman–Crippen MR) is 83.9 cm³/mol. The number of carbonyl (C=O) groups is 1. The third-order valence-corrected chi connectivity index (χ3v) is 3.31. The zero-order valence-corrected chi connectivity index (χ0v) is 13.1. The van der Waals surface area contributed by atoms with Crippen LogP contribution < -0.4 is 4.90 Å². The molecule has 2 aromatic rings. The van der Waals surface area contributed by atoms with Gasteiger partial charge in [-0.1, -0.05) is 6.08 Å². The van der Waals surface area contributed by atoms with E-state index >= 15 is 0 Å². The van der Waals surface area contributed by atoms with Gasteiger partial charge in [-0.15, -0.1) is 6.58 Å². The molecule has 0 spiro atoms. The number of halogens is 3. The Kier molecular flexibility index (Phi) is 5.38. The van der Waals surface area contributed by atoms with Crippen LogP contribution in [0.25, 0.3) is 5.69 Å². The van der Waals surface area contributed by atoms with Gasteiger partial charge in [0.15, 0.2) is 0 Å².